The van der Waals surface area contributed by atoms with Crippen LogP contribution in [0.25, 0.3) is 0 Å². The number of amides is 1. The summed E-state index contributed by atoms with van der Waals surface area (Å²) in [5.41, 5.74) is 0.0630. The Kier molecular flexibility index (Phi) is 4.84. The van der Waals surface area contributed by atoms with E-state index in [-0.39, 0.29) is 35.5 Å². The molecule has 1 aromatic heterocycles. The number of ketones is 1. The van der Waals surface area contributed by atoms with E-state index in [1.54, 1.807) is 0 Å². The first kappa shape index (κ1) is 13.4. The second-order valence-electron chi connectivity index (χ2n) is 3.44. The lowest BCUT2D eigenvalue weighted by molar-refractivity contribution is -0.117. The van der Waals surface area contributed by atoms with E-state index in [2.05, 4.69) is 15.3 Å². The lowest BCUT2D eigenvalue weighted by Crippen LogP contribution is -2.17. The van der Waals surface area contributed by atoms with Crippen molar-refractivity contribution in [2.24, 2.45) is 0 Å². The third-order valence-electron chi connectivity index (χ3n) is 1.90. The van der Waals surface area contributed by atoms with Crippen LogP contribution in [0.5, 0.6) is 0 Å². The van der Waals surface area contributed by atoms with E-state index in [1.807, 2.05) is 0 Å². The molecule has 0 spiro atoms. The molecule has 92 valence electrons. The van der Waals surface area contributed by atoms with Gasteiger partial charge in [-0.05, 0) is 6.42 Å². The fourth-order valence-electron chi connectivity index (χ4n) is 1.20. The van der Waals surface area contributed by atoms with Crippen molar-refractivity contribution >= 4 is 29.2 Å². The molecular weight excluding hydrogens is 246 g/mol. The largest absolute Gasteiger partial charge is 0.298 e. The highest BCUT2D eigenvalue weighted by molar-refractivity contribution is 6.27. The van der Waals surface area contributed by atoms with Gasteiger partial charge in [-0.2, -0.15) is 0 Å². The topological polar surface area (TPSA) is 91.9 Å². The number of carbonyl (C=O) groups excluding carboxylic acids is 2. The molecule has 0 bridgehead atoms. The molecule has 0 radical (unpaired) electrons. The first-order valence-electron chi connectivity index (χ1n) is 4.96. The summed E-state index contributed by atoms with van der Waals surface area (Å²) in [6.07, 6.45) is 0.543. The number of nitrogens with zero attached hydrogens (tertiary/aromatic N) is 1. The second kappa shape index (κ2) is 6.15. The lowest BCUT2D eigenvalue weighted by atomic mass is 10.2. The minimum atomic E-state index is -0.378. The number of rotatable bonds is 5. The molecule has 0 aromatic carbocycles. The first-order chi connectivity index (χ1) is 8.01. The van der Waals surface area contributed by atoms with Crippen molar-refractivity contribution in [3.05, 3.63) is 22.1 Å². The number of hydrogen-bond donors (Lipinski definition) is 2. The maximum atomic E-state index is 11.2. The summed E-state index contributed by atoms with van der Waals surface area (Å²) in [5.74, 6) is -0.419. The van der Waals surface area contributed by atoms with Crippen LogP contribution in [0.15, 0.2) is 10.9 Å². The minimum absolute atomic E-state index is 0.0538. The highest BCUT2D eigenvalue weighted by Gasteiger charge is 2.05. The Morgan fingerprint density at radius 2 is 2.24 bits per heavy atom. The average molecular weight is 258 g/mol. The van der Waals surface area contributed by atoms with Crippen LogP contribution in [0.4, 0.5) is 5.95 Å². The van der Waals surface area contributed by atoms with Gasteiger partial charge in [0.1, 0.15) is 5.78 Å². The van der Waals surface area contributed by atoms with Gasteiger partial charge >= 0.3 is 0 Å². The average Bonchev–Trinajstić information content (AvgIpc) is 2.24. The highest BCUT2D eigenvalue weighted by atomic mass is 35.5. The number of Topliss-reactive ketones (excluding diaryl/α,β-unsaturated/α-hetero) is 1. The normalized spacial score (nSPS) is 10.0. The Balaban J connectivity index is 2.78. The maximum Gasteiger partial charge on any atom is 0.252 e. The van der Waals surface area contributed by atoms with Crippen molar-refractivity contribution in [3.8, 4) is 0 Å². The minimum Gasteiger partial charge on any atom is -0.298 e. The van der Waals surface area contributed by atoms with E-state index in [9.17, 15) is 14.4 Å². The summed E-state index contributed by atoms with van der Waals surface area (Å²) >= 11 is 5.35. The number of aromatic nitrogens is 2. The SMILES string of the molecule is CC(=O)Nc1nc(CCC(=O)CCl)cc(=O)[nH]1. The number of aryl methyl sites for hydroxylation is 1. The maximum absolute atomic E-state index is 11.2. The molecule has 7 heteroatoms. The summed E-state index contributed by atoms with van der Waals surface area (Å²) < 4.78 is 0. The molecular formula is C10H12ClN3O3. The number of hydrogen-bond acceptors (Lipinski definition) is 4. The van der Waals surface area contributed by atoms with Crippen molar-refractivity contribution in [3.63, 3.8) is 0 Å². The molecule has 1 aromatic rings. The summed E-state index contributed by atoms with van der Waals surface area (Å²) in [7, 11) is 0. The predicted octanol–water partition coefficient (Wildman–Crippen LogP) is 0.469. The zero-order valence-electron chi connectivity index (χ0n) is 9.25. The van der Waals surface area contributed by atoms with E-state index in [0.29, 0.717) is 12.1 Å². The van der Waals surface area contributed by atoms with E-state index in [1.165, 1.54) is 13.0 Å². The summed E-state index contributed by atoms with van der Waals surface area (Å²) in [5, 5.41) is 2.37. The summed E-state index contributed by atoms with van der Waals surface area (Å²) in [6.45, 7) is 1.31. The van der Waals surface area contributed by atoms with Gasteiger partial charge in [-0.25, -0.2) is 4.98 Å². The number of H-pyrrole nitrogens is 1. The van der Waals surface area contributed by atoms with Crippen LogP contribution in [0.3, 0.4) is 0 Å². The number of alkyl halides is 1. The Morgan fingerprint density at radius 1 is 1.53 bits per heavy atom. The number of aromatic amines is 1. The van der Waals surface area contributed by atoms with E-state index in [0.717, 1.165) is 0 Å². The van der Waals surface area contributed by atoms with Crippen LogP contribution in [-0.2, 0) is 16.0 Å². The first-order valence-corrected chi connectivity index (χ1v) is 5.50. The second-order valence-corrected chi connectivity index (χ2v) is 3.71. The number of anilines is 1. The van der Waals surface area contributed by atoms with Crippen molar-refractivity contribution in [2.75, 3.05) is 11.2 Å². The van der Waals surface area contributed by atoms with Crippen LogP contribution in [0.2, 0.25) is 0 Å². The van der Waals surface area contributed by atoms with Gasteiger partial charge in [0.25, 0.3) is 5.56 Å². The molecule has 0 saturated carbocycles. The molecule has 0 saturated heterocycles. The van der Waals surface area contributed by atoms with E-state index >= 15 is 0 Å². The number of nitrogens with one attached hydrogen (secondary N) is 2. The lowest BCUT2D eigenvalue weighted by Gasteiger charge is -2.03. The Hall–Kier alpha value is -1.69. The molecule has 0 unspecified atom stereocenters. The summed E-state index contributed by atoms with van der Waals surface area (Å²) in [6, 6.07) is 1.28. The molecule has 1 rings (SSSR count). The molecule has 1 amide bonds. The van der Waals surface area contributed by atoms with Crippen LogP contribution in [-0.4, -0.2) is 27.5 Å². The van der Waals surface area contributed by atoms with Crippen LogP contribution >= 0.6 is 11.6 Å². The van der Waals surface area contributed by atoms with Gasteiger partial charge in [0.15, 0.2) is 0 Å². The number of carbonyl (C=O) groups is 2. The molecule has 2 N–H and O–H groups in total. The zero-order valence-corrected chi connectivity index (χ0v) is 10.0. The molecule has 6 nitrogen and oxygen atoms in total. The molecule has 0 aliphatic heterocycles. The van der Waals surface area contributed by atoms with Crippen molar-refractivity contribution < 1.29 is 9.59 Å². The van der Waals surface area contributed by atoms with Crippen molar-refractivity contribution in [1.82, 2.24) is 9.97 Å². The Labute approximate surface area is 102 Å². The molecule has 1 heterocycles. The third-order valence-corrected chi connectivity index (χ3v) is 2.20. The van der Waals surface area contributed by atoms with Gasteiger partial charge < -0.3 is 0 Å². The fourth-order valence-corrected chi connectivity index (χ4v) is 1.33. The van der Waals surface area contributed by atoms with Gasteiger partial charge in [-0.3, -0.25) is 24.7 Å². The standard InChI is InChI=1S/C10H12ClN3O3/c1-6(15)12-10-13-7(4-9(17)14-10)2-3-8(16)5-11/h4H,2-3,5H2,1H3,(H2,12,13,14,15,17). The van der Waals surface area contributed by atoms with Gasteiger partial charge in [0.2, 0.25) is 11.9 Å². The van der Waals surface area contributed by atoms with Crippen LogP contribution < -0.4 is 10.9 Å². The number of halogens is 1. The van der Waals surface area contributed by atoms with Gasteiger partial charge in [-0.15, -0.1) is 11.6 Å². The zero-order chi connectivity index (χ0) is 12.8. The third kappa shape index (κ3) is 4.78. The smallest absolute Gasteiger partial charge is 0.252 e. The Bertz CT molecular complexity index is 484. The van der Waals surface area contributed by atoms with Crippen LogP contribution in [0, 0.1) is 0 Å². The molecule has 0 atom stereocenters. The summed E-state index contributed by atoms with van der Waals surface area (Å²) in [4.78, 5) is 39.4. The highest BCUT2D eigenvalue weighted by Crippen LogP contribution is 2.01. The van der Waals surface area contributed by atoms with Crippen molar-refractivity contribution in [2.45, 2.75) is 19.8 Å². The fraction of sp³-hybridized carbons (Fsp3) is 0.400. The van der Waals surface area contributed by atoms with Gasteiger partial charge in [-0.1, -0.05) is 0 Å². The predicted molar refractivity (Wildman–Crippen MR) is 63.2 cm³/mol. The van der Waals surface area contributed by atoms with Gasteiger partial charge in [0.05, 0.1) is 11.6 Å². The molecule has 0 aliphatic carbocycles. The quantitative estimate of drug-likeness (QED) is 0.750. The molecule has 17 heavy (non-hydrogen) atoms. The van der Waals surface area contributed by atoms with Crippen molar-refractivity contribution in [1.29, 1.82) is 0 Å². The van der Waals surface area contributed by atoms with E-state index < -0.39 is 0 Å². The molecule has 0 aliphatic rings. The molecule has 0 fully saturated rings. The Morgan fingerprint density at radius 3 is 2.82 bits per heavy atom. The van der Waals surface area contributed by atoms with Gasteiger partial charge in [0, 0.05) is 19.4 Å². The van der Waals surface area contributed by atoms with E-state index in [4.69, 9.17) is 11.6 Å². The monoisotopic (exact) mass is 257 g/mol. The van der Waals surface area contributed by atoms with Crippen LogP contribution in [0.1, 0.15) is 19.0 Å².